The number of aromatic hydroxyl groups is 1. The predicted molar refractivity (Wildman–Crippen MR) is 131 cm³/mol. The maximum absolute atomic E-state index is 13.8. The van der Waals surface area contributed by atoms with Gasteiger partial charge in [-0.25, -0.2) is 0 Å². The maximum atomic E-state index is 13.8. The van der Waals surface area contributed by atoms with Crippen LogP contribution in [-0.4, -0.2) is 82.6 Å². The summed E-state index contributed by atoms with van der Waals surface area (Å²) in [5.41, 5.74) is 3.18. The van der Waals surface area contributed by atoms with Crippen LogP contribution in [0.25, 0.3) is 5.76 Å². The summed E-state index contributed by atoms with van der Waals surface area (Å²) in [4.78, 5) is 42.2. The molecule has 11 heteroatoms. The van der Waals surface area contributed by atoms with E-state index in [4.69, 9.17) is 5.73 Å². The van der Waals surface area contributed by atoms with Gasteiger partial charge in [-0.2, -0.15) is 0 Å². The lowest BCUT2D eigenvalue weighted by molar-refractivity contribution is -0.153. The number of phenols is 1. The summed E-state index contributed by atoms with van der Waals surface area (Å²) in [6.07, 6.45) is 0.317. The summed E-state index contributed by atoms with van der Waals surface area (Å²) in [6, 6.07) is 0.671. The number of fused-ring (bicyclic) bond motifs is 3. The van der Waals surface area contributed by atoms with Crippen molar-refractivity contribution >= 4 is 51.5 Å². The molecule has 0 spiro atoms. The van der Waals surface area contributed by atoms with Crippen LogP contribution in [0.5, 0.6) is 5.75 Å². The number of Topliss-reactive ketones (excluding diaryl/α,β-unsaturated/α-hetero) is 2. The Morgan fingerprint density at radius 2 is 1.79 bits per heavy atom. The highest BCUT2D eigenvalue weighted by Gasteiger charge is 2.64. The van der Waals surface area contributed by atoms with Gasteiger partial charge >= 0.3 is 0 Å². The number of carbonyl (C=O) groups excluding carboxylic acids is 3. The molecule has 10 nitrogen and oxygen atoms in total. The molecule has 0 bridgehead atoms. The second kappa shape index (κ2) is 7.95. The first-order valence-electron chi connectivity index (χ1n) is 10.6. The second-order valence-electron chi connectivity index (χ2n) is 9.44. The minimum Gasteiger partial charge on any atom is -0.508 e. The number of phenolic OH excluding ortho intramolecular Hbond substituents is 1. The lowest BCUT2D eigenvalue weighted by Gasteiger charge is -2.50. The average Bonchev–Trinajstić information content (AvgIpc) is 2.72. The molecule has 182 valence electrons. The fraction of sp³-hybridized carbons (Fsp3) is 0.435. The average molecular weight is 583 g/mol. The van der Waals surface area contributed by atoms with Crippen molar-refractivity contribution in [2.24, 2.45) is 17.6 Å². The molecule has 0 heterocycles. The number of benzene rings is 1. The Balaban J connectivity index is 2.01. The molecular weight excluding hydrogens is 557 g/mol. The number of nitrogens with zero attached hydrogens (tertiary/aromatic N) is 2. The Morgan fingerprint density at radius 1 is 1.18 bits per heavy atom. The SMILES string of the molecule is CN(C)c1cc(I)c(O)c2c1CC1CC3[C@H](N(C)C)C(=O)C(C(N)=O)=C(O)[C@@]3(O)C(=O)C1=C2O. The van der Waals surface area contributed by atoms with Gasteiger partial charge in [-0.3, -0.25) is 19.3 Å². The molecule has 1 fully saturated rings. The molecule has 0 aromatic heterocycles. The van der Waals surface area contributed by atoms with E-state index in [2.05, 4.69) is 0 Å². The number of rotatable bonds is 3. The Bertz CT molecular complexity index is 1220. The van der Waals surface area contributed by atoms with Crippen LogP contribution in [0.15, 0.2) is 23.0 Å². The molecule has 3 aliphatic carbocycles. The van der Waals surface area contributed by atoms with Crippen molar-refractivity contribution in [1.82, 2.24) is 4.90 Å². The highest BCUT2D eigenvalue weighted by atomic mass is 127. The van der Waals surface area contributed by atoms with Crippen LogP contribution in [0.2, 0.25) is 0 Å². The van der Waals surface area contributed by atoms with Gasteiger partial charge in [0.15, 0.2) is 11.4 Å². The van der Waals surface area contributed by atoms with Gasteiger partial charge in [-0.1, -0.05) is 0 Å². The number of nitrogens with two attached hydrogens (primary N) is 1. The van der Waals surface area contributed by atoms with Crippen LogP contribution < -0.4 is 10.6 Å². The summed E-state index contributed by atoms with van der Waals surface area (Å²) in [7, 11) is 6.77. The Labute approximate surface area is 209 Å². The molecule has 1 aromatic carbocycles. The van der Waals surface area contributed by atoms with Crippen molar-refractivity contribution in [2.75, 3.05) is 33.1 Å². The quantitative estimate of drug-likeness (QED) is 0.254. The molecule has 0 aliphatic heterocycles. The van der Waals surface area contributed by atoms with Crippen LogP contribution in [0.4, 0.5) is 5.69 Å². The smallest absolute Gasteiger partial charge is 0.255 e. The first kappa shape index (κ1) is 24.5. The van der Waals surface area contributed by atoms with E-state index in [9.17, 15) is 34.8 Å². The van der Waals surface area contributed by atoms with Gasteiger partial charge in [0.2, 0.25) is 5.78 Å². The fourth-order valence-electron chi connectivity index (χ4n) is 5.66. The molecule has 4 atom stereocenters. The first-order chi connectivity index (χ1) is 15.7. The standard InChI is InChI=1S/C23H26IN3O7/c1-26(2)12-7-11(24)17(28)14-9(12)5-8-6-10-16(27(3)4)19(30)15(22(25)33)21(32)23(10,34)20(31)13(8)18(14)29/h7-8,10,16,28-29,32,34H,5-6H2,1-4H3,(H2,25,33)/t8?,10?,16-,23-/m0/s1. The van der Waals surface area contributed by atoms with E-state index in [-0.39, 0.29) is 29.7 Å². The number of hydrogen-bond donors (Lipinski definition) is 5. The van der Waals surface area contributed by atoms with Crippen LogP contribution in [0.3, 0.4) is 0 Å². The van der Waals surface area contributed by atoms with Crippen molar-refractivity contribution in [2.45, 2.75) is 24.5 Å². The zero-order valence-corrected chi connectivity index (χ0v) is 21.2. The van der Waals surface area contributed by atoms with Crippen molar-refractivity contribution in [1.29, 1.82) is 0 Å². The molecule has 0 radical (unpaired) electrons. The Morgan fingerprint density at radius 3 is 2.32 bits per heavy atom. The van der Waals surface area contributed by atoms with Gasteiger partial charge in [0.25, 0.3) is 5.91 Å². The van der Waals surface area contributed by atoms with Gasteiger partial charge in [0.05, 0.1) is 15.2 Å². The third-order valence-corrected chi connectivity index (χ3v) is 7.95. The number of aliphatic hydroxyl groups excluding tert-OH is 2. The molecule has 1 aromatic rings. The number of ketones is 2. The molecule has 1 saturated carbocycles. The molecule has 3 aliphatic rings. The molecule has 4 rings (SSSR count). The van der Waals surface area contributed by atoms with Crippen molar-refractivity contribution in [3.63, 3.8) is 0 Å². The molecule has 6 N–H and O–H groups in total. The van der Waals surface area contributed by atoms with Gasteiger partial charge in [-0.05, 0) is 67.1 Å². The lowest BCUT2D eigenvalue weighted by Crippen LogP contribution is -2.65. The summed E-state index contributed by atoms with van der Waals surface area (Å²) >= 11 is 1.92. The third kappa shape index (κ3) is 3.09. The molecule has 34 heavy (non-hydrogen) atoms. The zero-order chi connectivity index (χ0) is 25.4. The van der Waals surface area contributed by atoms with E-state index in [1.54, 1.807) is 20.2 Å². The monoisotopic (exact) mass is 583 g/mol. The molecule has 2 unspecified atom stereocenters. The van der Waals surface area contributed by atoms with Crippen LogP contribution in [0.1, 0.15) is 17.5 Å². The van der Waals surface area contributed by atoms with Crippen LogP contribution in [0, 0.1) is 15.4 Å². The van der Waals surface area contributed by atoms with Gasteiger partial charge in [0.1, 0.15) is 22.8 Å². The van der Waals surface area contributed by atoms with E-state index < -0.39 is 58.0 Å². The molecule has 1 amide bonds. The number of halogens is 1. The summed E-state index contributed by atoms with van der Waals surface area (Å²) in [5.74, 6) is -6.52. The number of hydrogen-bond acceptors (Lipinski definition) is 9. The van der Waals surface area contributed by atoms with Crippen molar-refractivity contribution in [3.8, 4) is 5.75 Å². The van der Waals surface area contributed by atoms with Crippen molar-refractivity contribution in [3.05, 3.63) is 37.7 Å². The highest BCUT2D eigenvalue weighted by molar-refractivity contribution is 14.1. The van der Waals surface area contributed by atoms with E-state index in [1.807, 2.05) is 41.6 Å². The first-order valence-corrected chi connectivity index (χ1v) is 11.7. The van der Waals surface area contributed by atoms with Gasteiger partial charge in [-0.15, -0.1) is 0 Å². The molecule has 0 saturated heterocycles. The second-order valence-corrected chi connectivity index (χ2v) is 10.6. The van der Waals surface area contributed by atoms with Crippen LogP contribution in [-0.2, 0) is 20.8 Å². The number of carbonyl (C=O) groups is 3. The van der Waals surface area contributed by atoms with Gasteiger partial charge in [0, 0.05) is 31.3 Å². The Hall–Kier alpha value is -2.64. The number of amides is 1. The zero-order valence-electron chi connectivity index (χ0n) is 19.1. The maximum Gasteiger partial charge on any atom is 0.255 e. The van der Waals surface area contributed by atoms with Crippen LogP contribution >= 0.6 is 22.6 Å². The fourth-order valence-corrected chi connectivity index (χ4v) is 6.22. The number of primary amides is 1. The van der Waals surface area contributed by atoms with E-state index in [0.717, 1.165) is 5.69 Å². The van der Waals surface area contributed by atoms with Crippen molar-refractivity contribution < 1.29 is 34.8 Å². The predicted octanol–water partition coefficient (Wildman–Crippen LogP) is 0.635. The summed E-state index contributed by atoms with van der Waals surface area (Å²) in [5, 5.41) is 44.4. The highest BCUT2D eigenvalue weighted by Crippen LogP contribution is 2.54. The Kier molecular flexibility index (Phi) is 5.73. The minimum absolute atomic E-state index is 0.0609. The normalized spacial score (nSPS) is 28.6. The summed E-state index contributed by atoms with van der Waals surface area (Å²) in [6.45, 7) is 0. The number of anilines is 1. The minimum atomic E-state index is -2.63. The summed E-state index contributed by atoms with van der Waals surface area (Å²) < 4.78 is 0.459. The topological polar surface area (TPSA) is 165 Å². The van der Waals surface area contributed by atoms with E-state index >= 15 is 0 Å². The van der Waals surface area contributed by atoms with E-state index in [1.165, 1.54) is 4.90 Å². The lowest BCUT2D eigenvalue weighted by atomic mass is 9.57. The molecular formula is C23H26IN3O7. The van der Waals surface area contributed by atoms with Gasteiger partial charge < -0.3 is 31.1 Å². The van der Waals surface area contributed by atoms with E-state index in [0.29, 0.717) is 9.13 Å². The number of aliphatic hydroxyl groups is 3. The third-order valence-electron chi connectivity index (χ3n) is 7.13. The largest absolute Gasteiger partial charge is 0.508 e. The number of likely N-dealkylation sites (N-methyl/N-ethyl adjacent to an activating group) is 1.